The molecule has 1 amide bonds. The number of esters is 1. The molecule has 194 valence electrons. The van der Waals surface area contributed by atoms with Crippen LogP contribution in [0.1, 0.15) is 40.7 Å². The first-order chi connectivity index (χ1) is 17.9. The van der Waals surface area contributed by atoms with Gasteiger partial charge in [0.25, 0.3) is 5.91 Å². The molecule has 2 N–H and O–H groups in total. The monoisotopic (exact) mass is 506 g/mol. The second-order valence-corrected chi connectivity index (χ2v) is 10.1. The van der Waals surface area contributed by atoms with E-state index in [1.54, 1.807) is 18.2 Å². The minimum absolute atomic E-state index is 0.0393. The maximum atomic E-state index is 15.2. The minimum Gasteiger partial charge on any atom is -0.450 e. The molecule has 2 aromatic carbocycles. The van der Waals surface area contributed by atoms with Crippen molar-refractivity contribution in [2.45, 2.75) is 43.4 Å². The number of rotatable bonds is 5. The number of fused-ring (bicyclic) bond motifs is 2. The van der Waals surface area contributed by atoms with Crippen molar-refractivity contribution in [2.75, 3.05) is 39.8 Å². The fraction of sp³-hybridized carbons (Fsp3) is 0.464. The largest absolute Gasteiger partial charge is 0.450 e. The van der Waals surface area contributed by atoms with Crippen molar-refractivity contribution in [1.82, 2.24) is 15.5 Å². The van der Waals surface area contributed by atoms with E-state index in [9.17, 15) is 14.9 Å². The van der Waals surface area contributed by atoms with Crippen molar-refractivity contribution in [3.05, 3.63) is 58.9 Å². The molecule has 0 radical (unpaired) electrons. The Balaban J connectivity index is 1.32. The van der Waals surface area contributed by atoms with Crippen LogP contribution >= 0.6 is 0 Å². The molecule has 2 aromatic rings. The Hall–Kier alpha value is -3.32. The molecule has 2 saturated heterocycles. The third-order valence-electron chi connectivity index (χ3n) is 7.53. The van der Waals surface area contributed by atoms with Crippen molar-refractivity contribution < 1.29 is 23.5 Å². The third kappa shape index (κ3) is 5.23. The zero-order chi connectivity index (χ0) is 26.0. The van der Waals surface area contributed by atoms with Gasteiger partial charge in [-0.2, -0.15) is 5.26 Å². The molecule has 2 atom stereocenters. The summed E-state index contributed by atoms with van der Waals surface area (Å²) in [5, 5.41) is 15.4. The third-order valence-corrected chi connectivity index (χ3v) is 7.53. The highest BCUT2D eigenvalue weighted by molar-refractivity contribution is 5.95. The average Bonchev–Trinajstić information content (AvgIpc) is 3.06. The zero-order valence-electron chi connectivity index (χ0n) is 20.9. The van der Waals surface area contributed by atoms with Crippen LogP contribution in [0.5, 0.6) is 0 Å². The summed E-state index contributed by atoms with van der Waals surface area (Å²) in [6, 6.07) is 11.6. The van der Waals surface area contributed by atoms with Crippen molar-refractivity contribution in [1.29, 1.82) is 5.26 Å². The Morgan fingerprint density at radius 3 is 2.78 bits per heavy atom. The Morgan fingerprint density at radius 1 is 1.27 bits per heavy atom. The van der Waals surface area contributed by atoms with Crippen LogP contribution in [-0.4, -0.2) is 68.8 Å². The molecule has 3 heterocycles. The first kappa shape index (κ1) is 25.3. The van der Waals surface area contributed by atoms with E-state index in [0.717, 1.165) is 50.0 Å². The molecule has 0 aliphatic carbocycles. The Bertz CT molecular complexity index is 1230. The second-order valence-electron chi connectivity index (χ2n) is 10.1. The van der Waals surface area contributed by atoms with E-state index in [4.69, 9.17) is 9.47 Å². The van der Waals surface area contributed by atoms with Gasteiger partial charge in [-0.3, -0.25) is 4.79 Å². The molecule has 0 bridgehead atoms. The number of piperidine rings is 1. The first-order valence-corrected chi connectivity index (χ1v) is 12.8. The summed E-state index contributed by atoms with van der Waals surface area (Å²) in [5.41, 5.74) is 2.62. The summed E-state index contributed by atoms with van der Waals surface area (Å²) in [6.07, 6.45) is 1.63. The lowest BCUT2D eigenvalue weighted by Crippen LogP contribution is -2.46. The van der Waals surface area contributed by atoms with Gasteiger partial charge >= 0.3 is 5.97 Å². The van der Waals surface area contributed by atoms with Crippen LogP contribution in [0.25, 0.3) is 11.1 Å². The normalized spacial score (nSPS) is 22.0. The SMILES string of the molecule is CN1CCC2(CC1)OC(=O)c1ccc(-c3ccc(C[C@@H](C#N)NC(=O)[C@@H]4CNCCCO4)c(F)c3)cc12. The molecule has 1 spiro atoms. The topological polar surface area (TPSA) is 104 Å². The predicted molar refractivity (Wildman–Crippen MR) is 134 cm³/mol. The Labute approximate surface area is 215 Å². The number of hydrogen-bond donors (Lipinski definition) is 2. The highest BCUT2D eigenvalue weighted by Crippen LogP contribution is 2.45. The lowest BCUT2D eigenvalue weighted by molar-refractivity contribution is -0.132. The van der Waals surface area contributed by atoms with E-state index in [1.165, 1.54) is 6.07 Å². The van der Waals surface area contributed by atoms with Gasteiger partial charge in [0.1, 0.15) is 23.6 Å². The molecule has 5 rings (SSSR count). The van der Waals surface area contributed by atoms with Gasteiger partial charge in [-0.15, -0.1) is 0 Å². The van der Waals surface area contributed by atoms with Crippen LogP contribution in [0, 0.1) is 17.1 Å². The van der Waals surface area contributed by atoms with Crippen LogP contribution in [0.3, 0.4) is 0 Å². The van der Waals surface area contributed by atoms with Crippen molar-refractivity contribution in [2.24, 2.45) is 0 Å². The van der Waals surface area contributed by atoms with Gasteiger partial charge in [-0.1, -0.05) is 18.2 Å². The lowest BCUT2D eigenvalue weighted by Gasteiger charge is -2.37. The predicted octanol–water partition coefficient (Wildman–Crippen LogP) is 2.51. The minimum atomic E-state index is -0.882. The standard InChI is InChI=1S/C28H31FN4O4/c1-33-10-7-28(8-11-33)23-14-18(5-6-22(23)27(35)37-28)19-3-4-20(24(29)15-19)13-21(16-30)32-26(34)25-17-31-9-2-12-36-25/h3-6,14-15,21,25,31H,2,7-13,17H2,1H3,(H,32,34)/t21-,25-/m0/s1. The summed E-state index contributed by atoms with van der Waals surface area (Å²) in [5.74, 6) is -1.14. The summed E-state index contributed by atoms with van der Waals surface area (Å²) in [4.78, 5) is 27.3. The Morgan fingerprint density at radius 2 is 2.03 bits per heavy atom. The van der Waals surface area contributed by atoms with Gasteiger partial charge in [-0.25, -0.2) is 9.18 Å². The Kier molecular flexibility index (Phi) is 7.24. The van der Waals surface area contributed by atoms with E-state index >= 15 is 4.39 Å². The average molecular weight is 507 g/mol. The van der Waals surface area contributed by atoms with Crippen LogP contribution < -0.4 is 10.6 Å². The second kappa shape index (κ2) is 10.6. The summed E-state index contributed by atoms with van der Waals surface area (Å²) in [7, 11) is 2.05. The van der Waals surface area contributed by atoms with Crippen LogP contribution in [0.2, 0.25) is 0 Å². The van der Waals surface area contributed by atoms with Gasteiger partial charge in [0.2, 0.25) is 0 Å². The highest BCUT2D eigenvalue weighted by Gasteiger charge is 2.47. The van der Waals surface area contributed by atoms with Crippen molar-refractivity contribution in [3.63, 3.8) is 0 Å². The number of benzene rings is 2. The molecule has 0 aromatic heterocycles. The van der Waals surface area contributed by atoms with E-state index in [2.05, 4.69) is 28.7 Å². The number of ether oxygens (including phenoxy) is 2. The van der Waals surface area contributed by atoms with E-state index in [-0.39, 0.29) is 18.3 Å². The smallest absolute Gasteiger partial charge is 0.339 e. The maximum Gasteiger partial charge on any atom is 0.339 e. The maximum absolute atomic E-state index is 15.2. The fourth-order valence-electron chi connectivity index (χ4n) is 5.31. The number of hydrogen-bond acceptors (Lipinski definition) is 7. The molecule has 8 nitrogen and oxygen atoms in total. The molecule has 37 heavy (non-hydrogen) atoms. The van der Waals surface area contributed by atoms with Gasteiger partial charge in [0, 0.05) is 51.1 Å². The van der Waals surface area contributed by atoms with Gasteiger partial charge in [-0.05, 0) is 54.9 Å². The van der Waals surface area contributed by atoms with E-state index in [1.807, 2.05) is 12.1 Å². The molecule has 0 unspecified atom stereocenters. The van der Waals surface area contributed by atoms with Gasteiger partial charge < -0.3 is 25.0 Å². The number of nitrogens with one attached hydrogen (secondary N) is 2. The summed E-state index contributed by atoms with van der Waals surface area (Å²) >= 11 is 0. The first-order valence-electron chi connectivity index (χ1n) is 12.8. The summed E-state index contributed by atoms with van der Waals surface area (Å²) < 4.78 is 26.6. The quantitative estimate of drug-likeness (QED) is 0.601. The molecular weight excluding hydrogens is 475 g/mol. The van der Waals surface area contributed by atoms with Gasteiger partial charge in [0.05, 0.1) is 11.6 Å². The molecule has 3 aliphatic heterocycles. The summed E-state index contributed by atoms with van der Waals surface area (Å²) in [6.45, 7) is 3.29. The zero-order valence-corrected chi connectivity index (χ0v) is 20.9. The molecular formula is C28H31FN4O4. The number of carbonyl (C=O) groups is 2. The number of likely N-dealkylation sites (tertiary alicyclic amines) is 1. The van der Waals surface area contributed by atoms with Crippen LogP contribution in [0.4, 0.5) is 4.39 Å². The van der Waals surface area contributed by atoms with Crippen LogP contribution in [-0.2, 0) is 26.3 Å². The van der Waals surface area contributed by atoms with Crippen molar-refractivity contribution >= 4 is 11.9 Å². The fourth-order valence-corrected chi connectivity index (χ4v) is 5.31. The molecule has 9 heteroatoms. The molecule has 0 saturated carbocycles. The van der Waals surface area contributed by atoms with Crippen molar-refractivity contribution in [3.8, 4) is 17.2 Å². The molecule has 3 aliphatic rings. The molecule has 2 fully saturated rings. The van der Waals surface area contributed by atoms with Crippen LogP contribution in [0.15, 0.2) is 36.4 Å². The van der Waals surface area contributed by atoms with E-state index < -0.39 is 23.6 Å². The van der Waals surface area contributed by atoms with Gasteiger partial charge in [0.15, 0.2) is 0 Å². The number of halogens is 1. The lowest BCUT2D eigenvalue weighted by atomic mass is 9.82. The highest BCUT2D eigenvalue weighted by atomic mass is 19.1. The van der Waals surface area contributed by atoms with E-state index in [0.29, 0.717) is 29.8 Å². The number of carbonyl (C=O) groups excluding carboxylic acids is 2. The number of nitrogens with zero attached hydrogens (tertiary/aromatic N) is 2. The number of nitriles is 1. The number of amides is 1.